The first-order valence-electron chi connectivity index (χ1n) is 4.54. The van der Waals surface area contributed by atoms with Gasteiger partial charge in [0.15, 0.2) is 5.78 Å². The van der Waals surface area contributed by atoms with Gasteiger partial charge in [-0.05, 0) is 18.2 Å². The van der Waals surface area contributed by atoms with Crippen LogP contribution in [-0.4, -0.2) is 26.6 Å². The van der Waals surface area contributed by atoms with Crippen LogP contribution >= 0.6 is 15.9 Å². The largest absolute Gasteiger partial charge is 0.496 e. The number of hydrogen-bond acceptors (Lipinski definition) is 3. The van der Waals surface area contributed by atoms with Crippen molar-refractivity contribution in [2.45, 2.75) is 6.42 Å². The van der Waals surface area contributed by atoms with Crippen LogP contribution in [0.2, 0.25) is 0 Å². The van der Waals surface area contributed by atoms with E-state index in [1.807, 2.05) is 6.07 Å². The molecule has 0 aliphatic heterocycles. The molecule has 0 unspecified atom stereocenters. The molecule has 82 valence electrons. The van der Waals surface area contributed by atoms with Gasteiger partial charge in [-0.2, -0.15) is 0 Å². The van der Waals surface area contributed by atoms with Crippen molar-refractivity contribution in [3.63, 3.8) is 0 Å². The molecule has 0 saturated carbocycles. The third-order valence-corrected chi connectivity index (χ3v) is 2.49. The quantitative estimate of drug-likeness (QED) is 0.774. The Hall–Kier alpha value is -0.870. The molecule has 0 heterocycles. The van der Waals surface area contributed by atoms with Gasteiger partial charge in [-0.3, -0.25) is 4.79 Å². The van der Waals surface area contributed by atoms with Gasteiger partial charge < -0.3 is 9.47 Å². The standard InChI is InChI=1S/C11H13BrO3/c1-14-6-5-10(13)9-7-8(12)3-4-11(9)15-2/h3-4,7H,5-6H2,1-2H3. The van der Waals surface area contributed by atoms with Crippen molar-refractivity contribution >= 4 is 21.7 Å². The van der Waals surface area contributed by atoms with Crippen LogP contribution in [0.3, 0.4) is 0 Å². The average Bonchev–Trinajstić information content (AvgIpc) is 2.25. The summed E-state index contributed by atoms with van der Waals surface area (Å²) in [6.07, 6.45) is 0.364. The first-order chi connectivity index (χ1) is 7.19. The molecule has 0 amide bonds. The second-order valence-corrected chi connectivity index (χ2v) is 3.93. The highest BCUT2D eigenvalue weighted by molar-refractivity contribution is 9.10. The molecule has 0 radical (unpaired) electrons. The number of halogens is 1. The van der Waals surface area contributed by atoms with Crippen LogP contribution < -0.4 is 4.74 Å². The molecule has 3 nitrogen and oxygen atoms in total. The van der Waals surface area contributed by atoms with Gasteiger partial charge in [-0.25, -0.2) is 0 Å². The molecule has 4 heteroatoms. The zero-order valence-electron chi connectivity index (χ0n) is 8.75. The number of carbonyl (C=O) groups excluding carboxylic acids is 1. The van der Waals surface area contributed by atoms with E-state index in [-0.39, 0.29) is 5.78 Å². The van der Waals surface area contributed by atoms with Crippen LogP contribution in [0.4, 0.5) is 0 Å². The molecule has 0 fully saturated rings. The molecule has 0 saturated heterocycles. The second kappa shape index (κ2) is 5.88. The normalized spacial score (nSPS) is 10.1. The number of hydrogen-bond donors (Lipinski definition) is 0. The SMILES string of the molecule is COCCC(=O)c1cc(Br)ccc1OC. The molecule has 1 aromatic rings. The Morgan fingerprint density at radius 1 is 1.40 bits per heavy atom. The molecule has 1 aromatic carbocycles. The summed E-state index contributed by atoms with van der Waals surface area (Å²) in [7, 11) is 3.13. The van der Waals surface area contributed by atoms with Crippen molar-refractivity contribution < 1.29 is 14.3 Å². The van der Waals surface area contributed by atoms with E-state index in [0.29, 0.717) is 24.3 Å². The van der Waals surface area contributed by atoms with Crippen LogP contribution in [0.15, 0.2) is 22.7 Å². The smallest absolute Gasteiger partial charge is 0.168 e. The van der Waals surface area contributed by atoms with Crippen LogP contribution in [0.1, 0.15) is 16.8 Å². The summed E-state index contributed by atoms with van der Waals surface area (Å²) in [5.74, 6) is 0.620. The lowest BCUT2D eigenvalue weighted by Crippen LogP contribution is -2.05. The van der Waals surface area contributed by atoms with Gasteiger partial charge in [0.05, 0.1) is 19.3 Å². The number of methoxy groups -OCH3 is 2. The molecule has 15 heavy (non-hydrogen) atoms. The molecule has 0 aliphatic carbocycles. The Morgan fingerprint density at radius 3 is 2.73 bits per heavy atom. The molecule has 1 rings (SSSR count). The minimum absolute atomic E-state index is 0.0231. The maximum atomic E-state index is 11.8. The summed E-state index contributed by atoms with van der Waals surface area (Å²) >= 11 is 3.32. The number of Topliss-reactive ketones (excluding diaryl/α,β-unsaturated/α-hetero) is 1. The van der Waals surface area contributed by atoms with Crippen LogP contribution in [0.5, 0.6) is 5.75 Å². The Labute approximate surface area is 97.5 Å². The van der Waals surface area contributed by atoms with Gasteiger partial charge in [0.2, 0.25) is 0 Å². The van der Waals surface area contributed by atoms with Gasteiger partial charge in [0.1, 0.15) is 5.75 Å². The molecular weight excluding hydrogens is 260 g/mol. The van der Waals surface area contributed by atoms with Crippen molar-refractivity contribution in [2.75, 3.05) is 20.8 Å². The highest BCUT2D eigenvalue weighted by Gasteiger charge is 2.12. The number of carbonyl (C=O) groups is 1. The predicted molar refractivity (Wildman–Crippen MR) is 61.5 cm³/mol. The second-order valence-electron chi connectivity index (χ2n) is 3.01. The lowest BCUT2D eigenvalue weighted by molar-refractivity contribution is 0.0929. The zero-order chi connectivity index (χ0) is 11.3. The summed E-state index contributed by atoms with van der Waals surface area (Å²) in [4.78, 5) is 11.8. The first-order valence-corrected chi connectivity index (χ1v) is 5.34. The fourth-order valence-electron chi connectivity index (χ4n) is 1.23. The van der Waals surface area contributed by atoms with Crippen LogP contribution in [0.25, 0.3) is 0 Å². The number of ketones is 1. The van der Waals surface area contributed by atoms with Crippen molar-refractivity contribution in [1.82, 2.24) is 0 Å². The summed E-state index contributed by atoms with van der Waals surface area (Å²) < 4.78 is 10.8. The Bertz CT molecular complexity index is 350. The molecule has 0 aliphatic rings. The van der Waals surface area contributed by atoms with Gasteiger partial charge >= 0.3 is 0 Å². The highest BCUT2D eigenvalue weighted by atomic mass is 79.9. The zero-order valence-corrected chi connectivity index (χ0v) is 10.3. The third-order valence-electron chi connectivity index (χ3n) is 2.00. The predicted octanol–water partition coefficient (Wildman–Crippen LogP) is 2.68. The van der Waals surface area contributed by atoms with E-state index in [1.54, 1.807) is 26.4 Å². The lowest BCUT2D eigenvalue weighted by Gasteiger charge is -2.07. The van der Waals surface area contributed by atoms with Crippen molar-refractivity contribution in [3.8, 4) is 5.75 Å². The van der Waals surface area contributed by atoms with E-state index < -0.39 is 0 Å². The molecule has 0 N–H and O–H groups in total. The van der Waals surface area contributed by atoms with Gasteiger partial charge in [-0.1, -0.05) is 15.9 Å². The summed E-state index contributed by atoms with van der Waals surface area (Å²) in [5.41, 5.74) is 0.587. The molecule has 0 aromatic heterocycles. The van der Waals surface area contributed by atoms with Crippen molar-refractivity contribution in [3.05, 3.63) is 28.2 Å². The minimum Gasteiger partial charge on any atom is -0.496 e. The molecule has 0 spiro atoms. The van der Waals surface area contributed by atoms with E-state index in [0.717, 1.165) is 4.47 Å². The Balaban J connectivity index is 2.90. The van der Waals surface area contributed by atoms with Gasteiger partial charge in [-0.15, -0.1) is 0 Å². The van der Waals surface area contributed by atoms with E-state index in [1.165, 1.54) is 0 Å². The lowest BCUT2D eigenvalue weighted by atomic mass is 10.1. The monoisotopic (exact) mass is 272 g/mol. The van der Waals surface area contributed by atoms with Crippen LogP contribution in [-0.2, 0) is 4.74 Å². The van der Waals surface area contributed by atoms with Gasteiger partial charge in [0.25, 0.3) is 0 Å². The molecular formula is C11H13BrO3. The van der Waals surface area contributed by atoms with E-state index in [2.05, 4.69) is 15.9 Å². The fourth-order valence-corrected chi connectivity index (χ4v) is 1.59. The average molecular weight is 273 g/mol. The number of rotatable bonds is 5. The first kappa shape index (κ1) is 12.2. The number of benzene rings is 1. The Kier molecular flexibility index (Phi) is 4.78. The van der Waals surface area contributed by atoms with Crippen molar-refractivity contribution in [1.29, 1.82) is 0 Å². The number of ether oxygens (including phenoxy) is 2. The maximum Gasteiger partial charge on any atom is 0.168 e. The maximum absolute atomic E-state index is 11.8. The van der Waals surface area contributed by atoms with E-state index in [4.69, 9.17) is 9.47 Å². The van der Waals surface area contributed by atoms with Crippen molar-refractivity contribution in [2.24, 2.45) is 0 Å². The van der Waals surface area contributed by atoms with Crippen LogP contribution in [0, 0.1) is 0 Å². The third kappa shape index (κ3) is 3.32. The highest BCUT2D eigenvalue weighted by Crippen LogP contribution is 2.24. The summed E-state index contributed by atoms with van der Waals surface area (Å²) in [5, 5.41) is 0. The topological polar surface area (TPSA) is 35.5 Å². The Morgan fingerprint density at radius 2 is 2.13 bits per heavy atom. The van der Waals surface area contributed by atoms with Gasteiger partial charge in [0, 0.05) is 18.0 Å². The molecule has 0 atom stereocenters. The van der Waals surface area contributed by atoms with E-state index >= 15 is 0 Å². The summed E-state index contributed by atoms with van der Waals surface area (Å²) in [6.45, 7) is 0.425. The minimum atomic E-state index is 0.0231. The van der Waals surface area contributed by atoms with E-state index in [9.17, 15) is 4.79 Å². The fraction of sp³-hybridized carbons (Fsp3) is 0.364. The molecule has 0 bridgehead atoms. The summed E-state index contributed by atoms with van der Waals surface area (Å²) in [6, 6.07) is 5.37.